The number of alkyl halides is 2. The predicted molar refractivity (Wildman–Crippen MR) is 78.9 cm³/mol. The number of carbonyl (C=O) groups is 1. The van der Waals surface area contributed by atoms with Crippen molar-refractivity contribution in [2.45, 2.75) is 18.4 Å². The summed E-state index contributed by atoms with van der Waals surface area (Å²) in [6.45, 7) is -0.215. The monoisotopic (exact) mass is 371 g/mol. The first-order valence-corrected chi connectivity index (χ1v) is 7.43. The van der Waals surface area contributed by atoms with Gasteiger partial charge in [0.2, 0.25) is 0 Å². The molecule has 116 valence electrons. The molecule has 22 heavy (non-hydrogen) atoms. The van der Waals surface area contributed by atoms with Gasteiger partial charge in [0.05, 0.1) is 23.2 Å². The van der Waals surface area contributed by atoms with Crippen LogP contribution in [0.2, 0.25) is 0 Å². The Labute approximate surface area is 133 Å². The van der Waals surface area contributed by atoms with Gasteiger partial charge in [-0.2, -0.15) is 0 Å². The SMILES string of the molecule is O=C(NC1COCCC1(F)F)c1ccc2cncc(Br)c2n1. The molecule has 2 aromatic rings. The standard InChI is InChI=1S/C14H12BrF2N3O2/c15-9-6-18-5-8-1-2-10(19-12(8)9)13(21)20-11-7-22-4-3-14(11,16)17/h1-2,5-6,11H,3-4,7H2,(H,20,21). The van der Waals surface area contributed by atoms with E-state index >= 15 is 0 Å². The lowest BCUT2D eigenvalue weighted by Gasteiger charge is -2.31. The fourth-order valence-electron chi connectivity index (χ4n) is 2.22. The van der Waals surface area contributed by atoms with Crippen LogP contribution in [0.3, 0.4) is 0 Å². The van der Waals surface area contributed by atoms with Crippen molar-refractivity contribution in [2.24, 2.45) is 0 Å². The molecule has 1 fully saturated rings. The number of hydrogen-bond donors (Lipinski definition) is 1. The van der Waals surface area contributed by atoms with Gasteiger partial charge in [0.25, 0.3) is 11.8 Å². The molecule has 1 aliphatic heterocycles. The van der Waals surface area contributed by atoms with Crippen LogP contribution < -0.4 is 5.32 Å². The second-order valence-electron chi connectivity index (χ2n) is 5.00. The van der Waals surface area contributed by atoms with E-state index in [4.69, 9.17) is 4.74 Å². The van der Waals surface area contributed by atoms with Crippen LogP contribution in [0.1, 0.15) is 16.9 Å². The molecule has 1 amide bonds. The molecule has 8 heteroatoms. The zero-order valence-corrected chi connectivity index (χ0v) is 12.9. The van der Waals surface area contributed by atoms with Crippen molar-refractivity contribution in [1.82, 2.24) is 15.3 Å². The Hall–Kier alpha value is -1.67. The van der Waals surface area contributed by atoms with Gasteiger partial charge in [-0.15, -0.1) is 0 Å². The van der Waals surface area contributed by atoms with Gasteiger partial charge >= 0.3 is 0 Å². The summed E-state index contributed by atoms with van der Waals surface area (Å²) in [7, 11) is 0. The number of nitrogens with zero attached hydrogens (tertiary/aromatic N) is 2. The Morgan fingerprint density at radius 1 is 1.41 bits per heavy atom. The molecule has 0 bridgehead atoms. The van der Waals surface area contributed by atoms with Crippen LogP contribution in [0.4, 0.5) is 8.78 Å². The molecule has 0 radical (unpaired) electrons. The lowest BCUT2D eigenvalue weighted by molar-refractivity contribution is -0.116. The van der Waals surface area contributed by atoms with E-state index in [1.807, 2.05) is 0 Å². The van der Waals surface area contributed by atoms with Crippen LogP contribution in [0.5, 0.6) is 0 Å². The van der Waals surface area contributed by atoms with Crippen molar-refractivity contribution in [3.63, 3.8) is 0 Å². The second-order valence-corrected chi connectivity index (χ2v) is 5.86. The van der Waals surface area contributed by atoms with Gasteiger partial charge in [-0.25, -0.2) is 13.8 Å². The summed E-state index contributed by atoms with van der Waals surface area (Å²) in [5.41, 5.74) is 0.620. The fraction of sp³-hybridized carbons (Fsp3) is 0.357. The number of ether oxygens (including phenoxy) is 1. The number of hydrogen-bond acceptors (Lipinski definition) is 4. The lowest BCUT2D eigenvalue weighted by atomic mass is 10.1. The lowest BCUT2D eigenvalue weighted by Crippen LogP contribution is -2.53. The maximum absolute atomic E-state index is 13.7. The van der Waals surface area contributed by atoms with E-state index in [0.29, 0.717) is 9.99 Å². The minimum Gasteiger partial charge on any atom is -0.379 e. The van der Waals surface area contributed by atoms with Crippen molar-refractivity contribution in [2.75, 3.05) is 13.2 Å². The van der Waals surface area contributed by atoms with E-state index < -0.39 is 24.3 Å². The maximum atomic E-state index is 13.7. The zero-order valence-electron chi connectivity index (χ0n) is 11.4. The van der Waals surface area contributed by atoms with Crippen molar-refractivity contribution in [3.05, 3.63) is 34.7 Å². The number of rotatable bonds is 2. The molecular formula is C14H12BrF2N3O2. The smallest absolute Gasteiger partial charge is 0.272 e. The molecule has 0 aliphatic carbocycles. The quantitative estimate of drug-likeness (QED) is 0.880. The number of fused-ring (bicyclic) bond motifs is 1. The van der Waals surface area contributed by atoms with E-state index in [2.05, 4.69) is 31.2 Å². The topological polar surface area (TPSA) is 64.1 Å². The summed E-state index contributed by atoms with van der Waals surface area (Å²) in [5.74, 6) is -3.63. The summed E-state index contributed by atoms with van der Waals surface area (Å²) in [6, 6.07) is 1.81. The number of aromatic nitrogens is 2. The largest absolute Gasteiger partial charge is 0.379 e. The van der Waals surface area contributed by atoms with E-state index in [1.54, 1.807) is 18.5 Å². The summed E-state index contributed by atoms with van der Waals surface area (Å²) in [5, 5.41) is 3.05. The van der Waals surface area contributed by atoms with Crippen LogP contribution in [-0.2, 0) is 4.74 Å². The molecule has 5 nitrogen and oxygen atoms in total. The third-order valence-electron chi connectivity index (χ3n) is 3.47. The first-order valence-electron chi connectivity index (χ1n) is 6.64. The maximum Gasteiger partial charge on any atom is 0.272 e. The van der Waals surface area contributed by atoms with E-state index in [0.717, 1.165) is 5.39 Å². The summed E-state index contributed by atoms with van der Waals surface area (Å²) >= 11 is 3.30. The number of pyridine rings is 2. The molecule has 0 saturated carbocycles. The Kier molecular flexibility index (Phi) is 4.05. The minimum atomic E-state index is -2.98. The average molecular weight is 372 g/mol. The highest BCUT2D eigenvalue weighted by atomic mass is 79.9. The van der Waals surface area contributed by atoms with Crippen molar-refractivity contribution in [3.8, 4) is 0 Å². The van der Waals surface area contributed by atoms with Crippen molar-refractivity contribution in [1.29, 1.82) is 0 Å². The molecule has 1 aliphatic rings. The van der Waals surface area contributed by atoms with Gasteiger partial charge in [0, 0.05) is 24.2 Å². The molecule has 1 unspecified atom stereocenters. The van der Waals surface area contributed by atoms with Crippen molar-refractivity contribution < 1.29 is 18.3 Å². The van der Waals surface area contributed by atoms with Crippen molar-refractivity contribution >= 4 is 32.7 Å². The van der Waals surface area contributed by atoms with Gasteiger partial charge in [-0.1, -0.05) is 0 Å². The highest BCUT2D eigenvalue weighted by Crippen LogP contribution is 2.27. The molecule has 0 spiro atoms. The fourth-order valence-corrected chi connectivity index (χ4v) is 2.66. The summed E-state index contributed by atoms with van der Waals surface area (Å²) in [6.07, 6.45) is 2.76. The molecule has 3 rings (SSSR count). The Morgan fingerprint density at radius 2 is 2.23 bits per heavy atom. The van der Waals surface area contributed by atoms with Gasteiger partial charge in [0.1, 0.15) is 11.7 Å². The molecule has 0 aromatic carbocycles. The molecule has 3 heterocycles. The Morgan fingerprint density at radius 3 is 3.00 bits per heavy atom. The molecular weight excluding hydrogens is 360 g/mol. The van der Waals surface area contributed by atoms with E-state index in [1.165, 1.54) is 6.07 Å². The van der Waals surface area contributed by atoms with Gasteiger partial charge in [0.15, 0.2) is 0 Å². The molecule has 1 atom stereocenters. The number of amides is 1. The average Bonchev–Trinajstić information content (AvgIpc) is 2.49. The Bertz CT molecular complexity index is 726. The third kappa shape index (κ3) is 2.93. The van der Waals surface area contributed by atoms with E-state index in [9.17, 15) is 13.6 Å². The van der Waals surface area contributed by atoms with Gasteiger partial charge in [-0.3, -0.25) is 9.78 Å². The van der Waals surface area contributed by atoms with Crippen LogP contribution in [0.15, 0.2) is 29.0 Å². The Balaban J connectivity index is 1.84. The van der Waals surface area contributed by atoms with Gasteiger partial charge in [-0.05, 0) is 28.1 Å². The number of nitrogens with one attached hydrogen (secondary N) is 1. The third-order valence-corrected chi connectivity index (χ3v) is 4.05. The second kappa shape index (κ2) is 5.85. The van der Waals surface area contributed by atoms with E-state index in [-0.39, 0.29) is 18.9 Å². The van der Waals surface area contributed by atoms with Gasteiger partial charge < -0.3 is 10.1 Å². The predicted octanol–water partition coefficient (Wildman–Crippen LogP) is 2.55. The number of halogens is 3. The first-order chi connectivity index (χ1) is 10.5. The summed E-state index contributed by atoms with van der Waals surface area (Å²) < 4.78 is 33.1. The first kappa shape index (κ1) is 15.2. The number of carbonyl (C=O) groups excluding carboxylic acids is 1. The zero-order chi connectivity index (χ0) is 15.7. The highest BCUT2D eigenvalue weighted by Gasteiger charge is 2.43. The molecule has 1 N–H and O–H groups in total. The van der Waals surface area contributed by atoms with Crippen LogP contribution in [0.25, 0.3) is 10.9 Å². The summed E-state index contributed by atoms with van der Waals surface area (Å²) in [4.78, 5) is 20.4. The van der Waals surface area contributed by atoms with Crippen LogP contribution in [-0.4, -0.2) is 41.1 Å². The molecule has 1 saturated heterocycles. The highest BCUT2D eigenvalue weighted by molar-refractivity contribution is 9.10. The minimum absolute atomic E-state index is 0.00641. The van der Waals surface area contributed by atoms with Crippen LogP contribution in [0, 0.1) is 0 Å². The normalized spacial score (nSPS) is 20.8. The van der Waals surface area contributed by atoms with Crippen LogP contribution >= 0.6 is 15.9 Å². The molecule has 2 aromatic heterocycles.